The van der Waals surface area contributed by atoms with Gasteiger partial charge in [-0.15, -0.1) is 0 Å². The van der Waals surface area contributed by atoms with Gasteiger partial charge in [0.15, 0.2) is 6.29 Å². The summed E-state index contributed by atoms with van der Waals surface area (Å²) in [5.41, 5.74) is 0.563. The van der Waals surface area contributed by atoms with Gasteiger partial charge in [-0.2, -0.15) is 0 Å². The molecule has 0 saturated carbocycles. The van der Waals surface area contributed by atoms with E-state index in [1.165, 1.54) is 0 Å². The van der Waals surface area contributed by atoms with E-state index in [4.69, 9.17) is 9.47 Å². The van der Waals surface area contributed by atoms with E-state index in [0.29, 0.717) is 24.5 Å². The Morgan fingerprint density at radius 3 is 2.45 bits per heavy atom. The topological polar surface area (TPSA) is 38.8 Å². The first-order valence-corrected chi connectivity index (χ1v) is 7.32. The normalized spacial score (nSPS) is 10.6. The van der Waals surface area contributed by atoms with Crippen molar-refractivity contribution < 1.29 is 14.3 Å². The Kier molecular flexibility index (Phi) is 7.73. The molecule has 112 valence electrons. The van der Waals surface area contributed by atoms with Crippen LogP contribution in [0.5, 0.6) is 11.5 Å². The molecular weight excluding hydrogens is 254 g/mol. The van der Waals surface area contributed by atoms with Crippen molar-refractivity contribution in [3.63, 3.8) is 0 Å². The van der Waals surface area contributed by atoms with E-state index in [1.54, 1.807) is 18.2 Å². The van der Waals surface area contributed by atoms with Gasteiger partial charge in [-0.3, -0.25) is 4.79 Å². The highest BCUT2D eigenvalue weighted by atomic mass is 16.5. The van der Waals surface area contributed by atoms with Crippen LogP contribution in [-0.2, 0) is 0 Å². The van der Waals surface area contributed by atoms with E-state index >= 15 is 0 Å². The summed E-state index contributed by atoms with van der Waals surface area (Å²) in [5, 5.41) is 0. The van der Waals surface area contributed by atoms with Gasteiger partial charge in [-0.1, -0.05) is 20.8 Å². The van der Waals surface area contributed by atoms with Crippen LogP contribution >= 0.6 is 0 Å². The summed E-state index contributed by atoms with van der Waals surface area (Å²) in [6.07, 6.45) is 1.77. The molecule has 20 heavy (non-hydrogen) atoms. The SMILES string of the molecule is CCCOc1ccc(C=O)c(OCCN(CC)CC)c1. The highest BCUT2D eigenvalue weighted by molar-refractivity contribution is 5.79. The van der Waals surface area contributed by atoms with E-state index < -0.39 is 0 Å². The van der Waals surface area contributed by atoms with E-state index in [2.05, 4.69) is 25.7 Å². The Morgan fingerprint density at radius 1 is 1.10 bits per heavy atom. The second-order valence-corrected chi connectivity index (χ2v) is 4.54. The van der Waals surface area contributed by atoms with E-state index in [1.807, 2.05) is 0 Å². The lowest BCUT2D eigenvalue weighted by Gasteiger charge is -2.18. The second kappa shape index (κ2) is 9.37. The highest BCUT2D eigenvalue weighted by Crippen LogP contribution is 2.24. The van der Waals surface area contributed by atoms with Crippen LogP contribution in [0, 0.1) is 0 Å². The molecule has 1 aromatic carbocycles. The fourth-order valence-corrected chi connectivity index (χ4v) is 1.87. The van der Waals surface area contributed by atoms with Crippen LogP contribution in [0.3, 0.4) is 0 Å². The quantitative estimate of drug-likeness (QED) is 0.617. The number of benzene rings is 1. The minimum absolute atomic E-state index is 0.563. The van der Waals surface area contributed by atoms with Gasteiger partial charge in [0.25, 0.3) is 0 Å². The van der Waals surface area contributed by atoms with Crippen LogP contribution in [0.4, 0.5) is 0 Å². The van der Waals surface area contributed by atoms with Crippen LogP contribution in [0.15, 0.2) is 18.2 Å². The number of hydrogen-bond donors (Lipinski definition) is 0. The highest BCUT2D eigenvalue weighted by Gasteiger charge is 2.06. The molecule has 0 amide bonds. The summed E-state index contributed by atoms with van der Waals surface area (Å²) in [5.74, 6) is 1.34. The van der Waals surface area contributed by atoms with Crippen molar-refractivity contribution >= 4 is 6.29 Å². The van der Waals surface area contributed by atoms with Gasteiger partial charge in [-0.25, -0.2) is 0 Å². The first kappa shape index (κ1) is 16.5. The van der Waals surface area contributed by atoms with Gasteiger partial charge < -0.3 is 14.4 Å². The summed E-state index contributed by atoms with van der Waals surface area (Å²) in [4.78, 5) is 13.3. The average molecular weight is 279 g/mol. The van der Waals surface area contributed by atoms with Crippen LogP contribution in [0.2, 0.25) is 0 Å². The van der Waals surface area contributed by atoms with Crippen molar-refractivity contribution in [3.8, 4) is 11.5 Å². The molecule has 0 N–H and O–H groups in total. The number of carbonyl (C=O) groups excluding carboxylic acids is 1. The minimum Gasteiger partial charge on any atom is -0.493 e. The van der Waals surface area contributed by atoms with Gasteiger partial charge >= 0.3 is 0 Å². The number of aldehydes is 1. The van der Waals surface area contributed by atoms with Gasteiger partial charge in [0.2, 0.25) is 0 Å². The summed E-state index contributed by atoms with van der Waals surface area (Å²) in [6, 6.07) is 5.34. The monoisotopic (exact) mass is 279 g/mol. The molecular formula is C16H25NO3. The Morgan fingerprint density at radius 2 is 1.85 bits per heavy atom. The van der Waals surface area contributed by atoms with Crippen molar-refractivity contribution in [2.45, 2.75) is 27.2 Å². The van der Waals surface area contributed by atoms with Crippen molar-refractivity contribution in [1.29, 1.82) is 0 Å². The largest absolute Gasteiger partial charge is 0.493 e. The van der Waals surface area contributed by atoms with E-state index in [9.17, 15) is 4.79 Å². The zero-order valence-electron chi connectivity index (χ0n) is 12.7. The second-order valence-electron chi connectivity index (χ2n) is 4.54. The number of ether oxygens (including phenoxy) is 2. The lowest BCUT2D eigenvalue weighted by atomic mass is 10.2. The number of rotatable bonds is 10. The lowest BCUT2D eigenvalue weighted by Crippen LogP contribution is -2.28. The summed E-state index contributed by atoms with van der Waals surface area (Å²) >= 11 is 0. The molecule has 0 saturated heterocycles. The van der Waals surface area contributed by atoms with Crippen LogP contribution in [-0.4, -0.2) is 44.0 Å². The van der Waals surface area contributed by atoms with Gasteiger partial charge in [0.1, 0.15) is 18.1 Å². The molecule has 0 aliphatic heterocycles. The molecule has 0 aliphatic carbocycles. The zero-order chi connectivity index (χ0) is 14.8. The summed E-state index contributed by atoms with van der Waals surface area (Å²) in [7, 11) is 0. The molecule has 0 heterocycles. The summed E-state index contributed by atoms with van der Waals surface area (Å²) in [6.45, 7) is 10.4. The molecule has 0 aliphatic rings. The van der Waals surface area contributed by atoms with Gasteiger partial charge in [0.05, 0.1) is 12.2 Å². The first-order valence-electron chi connectivity index (χ1n) is 7.32. The Labute approximate surface area is 121 Å². The third-order valence-corrected chi connectivity index (χ3v) is 3.14. The molecule has 4 heteroatoms. The fourth-order valence-electron chi connectivity index (χ4n) is 1.87. The number of likely N-dealkylation sites (N-methyl/N-ethyl adjacent to an activating group) is 1. The van der Waals surface area contributed by atoms with Crippen molar-refractivity contribution in [3.05, 3.63) is 23.8 Å². The molecule has 0 aromatic heterocycles. The molecule has 0 fully saturated rings. The number of carbonyl (C=O) groups is 1. The third-order valence-electron chi connectivity index (χ3n) is 3.14. The zero-order valence-corrected chi connectivity index (χ0v) is 12.7. The lowest BCUT2D eigenvalue weighted by molar-refractivity contribution is 0.111. The Bertz CT molecular complexity index is 403. The van der Waals surface area contributed by atoms with E-state index in [0.717, 1.165) is 38.1 Å². The molecule has 0 spiro atoms. The number of nitrogens with zero attached hydrogens (tertiary/aromatic N) is 1. The predicted octanol–water partition coefficient (Wildman–Crippen LogP) is 3.01. The molecule has 0 bridgehead atoms. The molecule has 0 radical (unpaired) electrons. The summed E-state index contributed by atoms with van der Waals surface area (Å²) < 4.78 is 11.3. The predicted molar refractivity (Wildman–Crippen MR) is 80.9 cm³/mol. The molecule has 0 unspecified atom stereocenters. The maximum atomic E-state index is 11.0. The minimum atomic E-state index is 0.563. The fraction of sp³-hybridized carbons (Fsp3) is 0.562. The standard InChI is InChI=1S/C16H25NO3/c1-4-10-19-15-8-7-14(13-18)16(12-15)20-11-9-17(5-2)6-3/h7-8,12-13H,4-6,9-11H2,1-3H3. The van der Waals surface area contributed by atoms with Crippen molar-refractivity contribution in [2.75, 3.05) is 32.8 Å². The van der Waals surface area contributed by atoms with Gasteiger partial charge in [-0.05, 0) is 31.6 Å². The van der Waals surface area contributed by atoms with Crippen LogP contribution in [0.1, 0.15) is 37.6 Å². The molecule has 4 nitrogen and oxygen atoms in total. The maximum absolute atomic E-state index is 11.0. The van der Waals surface area contributed by atoms with Crippen molar-refractivity contribution in [1.82, 2.24) is 4.90 Å². The van der Waals surface area contributed by atoms with Gasteiger partial charge in [0, 0.05) is 12.6 Å². The van der Waals surface area contributed by atoms with Crippen molar-refractivity contribution in [2.24, 2.45) is 0 Å². The number of hydrogen-bond acceptors (Lipinski definition) is 4. The smallest absolute Gasteiger partial charge is 0.153 e. The third kappa shape index (κ3) is 5.21. The van der Waals surface area contributed by atoms with Crippen LogP contribution in [0.25, 0.3) is 0 Å². The first-order chi connectivity index (χ1) is 9.74. The maximum Gasteiger partial charge on any atom is 0.153 e. The van der Waals surface area contributed by atoms with E-state index in [-0.39, 0.29) is 0 Å². The van der Waals surface area contributed by atoms with Crippen LogP contribution < -0.4 is 9.47 Å². The average Bonchev–Trinajstić information content (AvgIpc) is 2.49. The Hall–Kier alpha value is -1.55. The molecule has 1 aromatic rings. The molecule has 0 atom stereocenters. The Balaban J connectivity index is 2.63. The molecule has 1 rings (SSSR count).